The van der Waals surface area contributed by atoms with E-state index < -0.39 is 10.1 Å². The maximum absolute atomic E-state index is 11.8. The maximum Gasteiger partial charge on any atom is 0.317 e. The molecule has 2 bridgehead atoms. The van der Waals surface area contributed by atoms with E-state index in [0.717, 1.165) is 30.6 Å². The van der Waals surface area contributed by atoms with Crippen LogP contribution in [0.25, 0.3) is 0 Å². The summed E-state index contributed by atoms with van der Waals surface area (Å²) < 4.78 is 32.9. The minimum Gasteiger partial charge on any atom is -0.748 e. The summed E-state index contributed by atoms with van der Waals surface area (Å²) in [5.74, 6) is -0.0613. The summed E-state index contributed by atoms with van der Waals surface area (Å²) in [6.07, 6.45) is 5.25. The van der Waals surface area contributed by atoms with Crippen LogP contribution in [0.15, 0.2) is 0 Å². The maximum atomic E-state index is 11.8. The van der Waals surface area contributed by atoms with Gasteiger partial charge in [0.1, 0.15) is 31.2 Å². The number of fused-ring (bicyclic) bond motifs is 1. The van der Waals surface area contributed by atoms with E-state index >= 15 is 0 Å². The van der Waals surface area contributed by atoms with Crippen LogP contribution in [0, 0.1) is 5.92 Å². The Morgan fingerprint density at radius 2 is 1.85 bits per heavy atom. The van der Waals surface area contributed by atoms with Crippen LogP contribution >= 0.6 is 0 Å². The van der Waals surface area contributed by atoms with Crippen LogP contribution in [0.3, 0.4) is 0 Å². The van der Waals surface area contributed by atoms with E-state index in [1.54, 1.807) is 0 Å². The fraction of sp³-hybridized carbons (Fsp3) is 0.917. The quantitative estimate of drug-likeness (QED) is 0.385. The average molecular weight is 307 g/mol. The van der Waals surface area contributed by atoms with Crippen molar-refractivity contribution in [1.82, 2.24) is 0 Å². The lowest BCUT2D eigenvalue weighted by molar-refractivity contribution is -1.11. The molecule has 1 unspecified atom stereocenters. The van der Waals surface area contributed by atoms with Crippen LogP contribution < -0.4 is 0 Å². The monoisotopic (exact) mass is 307 g/mol. The van der Waals surface area contributed by atoms with Gasteiger partial charge in [0.2, 0.25) is 0 Å². The SMILES string of the molecule is COC(=O)[C@@H]1[C@@H]2CCC[N+]3(CCC[C@@H]13)O2.CS(=O)(=O)[O-]. The highest BCUT2D eigenvalue weighted by atomic mass is 32.2. The minimum absolute atomic E-state index is 0.000000000000000666. The first-order valence-corrected chi connectivity index (χ1v) is 8.62. The number of hydrogen-bond acceptors (Lipinski definition) is 6. The van der Waals surface area contributed by atoms with E-state index in [2.05, 4.69) is 0 Å². The molecule has 0 saturated carbocycles. The molecule has 0 aromatic carbocycles. The Balaban J connectivity index is 0.000000257. The zero-order valence-corrected chi connectivity index (χ0v) is 12.6. The molecule has 3 saturated heterocycles. The number of esters is 1. The second-order valence-corrected chi connectivity index (χ2v) is 7.06. The summed E-state index contributed by atoms with van der Waals surface area (Å²) in [4.78, 5) is 17.9. The van der Waals surface area contributed by atoms with Crippen LogP contribution in [0.2, 0.25) is 0 Å². The van der Waals surface area contributed by atoms with E-state index in [4.69, 9.17) is 22.5 Å². The molecule has 4 atom stereocenters. The Bertz CT molecular complexity index is 470. The van der Waals surface area contributed by atoms with E-state index in [1.165, 1.54) is 20.0 Å². The van der Waals surface area contributed by atoms with Gasteiger partial charge < -0.3 is 9.29 Å². The lowest BCUT2D eigenvalue weighted by atomic mass is 9.92. The molecule has 3 fully saturated rings. The van der Waals surface area contributed by atoms with Gasteiger partial charge >= 0.3 is 5.97 Å². The van der Waals surface area contributed by atoms with Crippen LogP contribution in [0.4, 0.5) is 0 Å². The molecule has 3 aliphatic rings. The molecule has 3 rings (SSSR count). The van der Waals surface area contributed by atoms with Gasteiger partial charge in [-0.15, -0.1) is 0 Å². The van der Waals surface area contributed by atoms with Gasteiger partial charge in [0.15, 0.2) is 0 Å². The predicted octanol–water partition coefficient (Wildman–Crippen LogP) is 0.0238. The Morgan fingerprint density at radius 1 is 1.30 bits per heavy atom. The summed E-state index contributed by atoms with van der Waals surface area (Å²) in [6.45, 7) is 2.18. The van der Waals surface area contributed by atoms with Gasteiger partial charge in [-0.25, -0.2) is 8.42 Å². The highest BCUT2D eigenvalue weighted by Crippen LogP contribution is 2.47. The van der Waals surface area contributed by atoms with Crippen molar-refractivity contribution in [2.24, 2.45) is 5.92 Å². The fourth-order valence-electron chi connectivity index (χ4n) is 3.72. The smallest absolute Gasteiger partial charge is 0.317 e. The van der Waals surface area contributed by atoms with Crippen LogP contribution in [-0.4, -0.2) is 62.2 Å². The standard InChI is InChI=1S/C11H18NO3.CH4O3S/c1-14-11(13)10-8-4-2-6-12(8)7-3-5-9(10)15-12;1-5(2,3)4/h8-10H,2-7H2,1H3;1H3,(H,2,3,4)/q+1;/p-1/t8-,9-,10-,12?;/m0./s1. The molecule has 0 aromatic heterocycles. The summed E-state index contributed by atoms with van der Waals surface area (Å²) >= 11 is 0. The molecule has 3 aliphatic heterocycles. The molecule has 20 heavy (non-hydrogen) atoms. The highest BCUT2D eigenvalue weighted by molar-refractivity contribution is 7.84. The third-order valence-corrected chi connectivity index (χ3v) is 4.30. The van der Waals surface area contributed by atoms with Crippen molar-refractivity contribution in [1.29, 1.82) is 0 Å². The van der Waals surface area contributed by atoms with Gasteiger partial charge in [-0.2, -0.15) is 9.48 Å². The zero-order valence-electron chi connectivity index (χ0n) is 11.8. The summed E-state index contributed by atoms with van der Waals surface area (Å²) in [7, 11) is -2.43. The summed E-state index contributed by atoms with van der Waals surface area (Å²) in [5.41, 5.74) is 0. The topological polar surface area (TPSA) is 92.7 Å². The summed E-state index contributed by atoms with van der Waals surface area (Å²) in [5, 5.41) is 0. The molecule has 0 N–H and O–H groups in total. The molecule has 0 radical (unpaired) electrons. The van der Waals surface area contributed by atoms with E-state index in [1.807, 2.05) is 0 Å². The van der Waals surface area contributed by atoms with Crippen molar-refractivity contribution in [3.63, 3.8) is 0 Å². The number of rotatable bonds is 1. The number of nitrogens with zero attached hydrogens (tertiary/aromatic N) is 1. The number of hydrogen-bond donors (Lipinski definition) is 0. The van der Waals surface area contributed by atoms with Gasteiger partial charge in [-0.1, -0.05) is 0 Å². The van der Waals surface area contributed by atoms with Crippen molar-refractivity contribution >= 4 is 16.1 Å². The Morgan fingerprint density at radius 3 is 2.40 bits per heavy atom. The van der Waals surface area contributed by atoms with Gasteiger partial charge in [0, 0.05) is 25.5 Å². The van der Waals surface area contributed by atoms with Gasteiger partial charge in [0.05, 0.1) is 17.2 Å². The lowest BCUT2D eigenvalue weighted by Crippen LogP contribution is -2.49. The highest BCUT2D eigenvalue weighted by Gasteiger charge is 2.63. The zero-order chi connectivity index (χ0) is 15.0. The minimum atomic E-state index is -3.92. The first-order chi connectivity index (χ1) is 9.27. The second-order valence-electron chi connectivity index (χ2n) is 5.65. The summed E-state index contributed by atoms with van der Waals surface area (Å²) in [6, 6.07) is 0.380. The molecular weight excluding hydrogens is 286 g/mol. The third-order valence-electron chi connectivity index (χ3n) is 4.30. The van der Waals surface area contributed by atoms with Gasteiger partial charge in [-0.05, 0) is 6.42 Å². The molecule has 0 amide bonds. The molecule has 8 heteroatoms. The fourth-order valence-corrected chi connectivity index (χ4v) is 3.72. The molecule has 1 spiro atoms. The number of ether oxygens (including phenoxy) is 1. The van der Waals surface area contributed by atoms with Gasteiger partial charge in [0.25, 0.3) is 0 Å². The van der Waals surface area contributed by atoms with Crippen LogP contribution in [0.1, 0.15) is 25.7 Å². The normalized spacial score (nSPS) is 38.6. The number of methoxy groups -OCH3 is 1. The number of carbonyl (C=O) groups is 1. The Kier molecular flexibility index (Phi) is 4.38. The number of carbonyl (C=O) groups excluding carboxylic acids is 1. The Labute approximate surface area is 119 Å². The molecule has 0 aromatic rings. The molecular formula is C12H21NO6S. The van der Waals surface area contributed by atoms with Crippen LogP contribution in [-0.2, 0) is 24.5 Å². The van der Waals surface area contributed by atoms with Crippen molar-refractivity contribution < 1.29 is 32.0 Å². The molecule has 0 aliphatic carbocycles. The number of quaternary nitrogens is 1. The first-order valence-electron chi connectivity index (χ1n) is 6.81. The first kappa shape index (κ1) is 15.7. The van der Waals surface area contributed by atoms with Crippen molar-refractivity contribution in [3.05, 3.63) is 0 Å². The van der Waals surface area contributed by atoms with Crippen molar-refractivity contribution in [3.8, 4) is 0 Å². The largest absolute Gasteiger partial charge is 0.748 e. The Hall–Kier alpha value is -0.700. The van der Waals surface area contributed by atoms with Crippen molar-refractivity contribution in [2.75, 3.05) is 26.5 Å². The van der Waals surface area contributed by atoms with E-state index in [-0.39, 0.29) is 18.0 Å². The molecule has 7 nitrogen and oxygen atoms in total. The van der Waals surface area contributed by atoms with E-state index in [0.29, 0.717) is 12.3 Å². The van der Waals surface area contributed by atoms with Crippen molar-refractivity contribution in [2.45, 2.75) is 37.8 Å². The van der Waals surface area contributed by atoms with E-state index in [9.17, 15) is 4.79 Å². The van der Waals surface area contributed by atoms with Gasteiger partial charge in [-0.3, -0.25) is 4.79 Å². The molecule has 3 heterocycles. The third kappa shape index (κ3) is 3.13. The predicted molar refractivity (Wildman–Crippen MR) is 68.3 cm³/mol. The molecule has 116 valence electrons. The number of hydroxylamine groups is 3. The lowest BCUT2D eigenvalue weighted by Gasteiger charge is -2.33. The second kappa shape index (κ2) is 5.59. The average Bonchev–Trinajstić information content (AvgIpc) is 2.79. The van der Waals surface area contributed by atoms with Crippen LogP contribution in [0.5, 0.6) is 0 Å².